The fourth-order valence-corrected chi connectivity index (χ4v) is 3.78. The highest BCUT2D eigenvalue weighted by Crippen LogP contribution is 2.33. The summed E-state index contributed by atoms with van der Waals surface area (Å²) in [6, 6.07) is 16.8. The fourth-order valence-electron chi connectivity index (χ4n) is 3.61. The average Bonchev–Trinajstić information content (AvgIpc) is 3.41. The number of furan rings is 1. The van der Waals surface area contributed by atoms with Crippen LogP contribution in [0, 0.1) is 10.1 Å². The minimum Gasteiger partial charge on any atom is -0.459 e. The third kappa shape index (κ3) is 4.60. The lowest BCUT2D eigenvalue weighted by molar-refractivity contribution is -0.384. The number of rotatable bonds is 7. The van der Waals surface area contributed by atoms with Crippen molar-refractivity contribution < 1.29 is 9.34 Å². The van der Waals surface area contributed by atoms with E-state index in [0.717, 1.165) is 25.4 Å². The first kappa shape index (κ1) is 19.5. The number of benzene rings is 2. The molecule has 0 unspecified atom stereocenters. The predicted molar refractivity (Wildman–Crippen MR) is 114 cm³/mol. The van der Waals surface area contributed by atoms with Crippen LogP contribution in [0.15, 0.2) is 59.0 Å². The maximum absolute atomic E-state index is 11.3. The van der Waals surface area contributed by atoms with Crippen molar-refractivity contribution in [2.45, 2.75) is 25.9 Å². The standard InChI is InChI=1S/C22H22ClN3O3/c23-17-5-9-20(21(13-17)26(27)28)22-10-8-19(29-22)15-24-14-16-3-6-18(7-4-16)25-11-1-2-12-25/h3-10,13,24H,1-2,11-12,14-15H2. The summed E-state index contributed by atoms with van der Waals surface area (Å²) in [6.45, 7) is 3.54. The van der Waals surface area contributed by atoms with Gasteiger partial charge in [0.05, 0.1) is 17.0 Å². The van der Waals surface area contributed by atoms with E-state index in [1.807, 2.05) is 6.07 Å². The molecule has 0 saturated carbocycles. The molecule has 4 rings (SSSR count). The first-order chi connectivity index (χ1) is 14.1. The van der Waals surface area contributed by atoms with Crippen LogP contribution in [-0.2, 0) is 13.1 Å². The van der Waals surface area contributed by atoms with Crippen molar-refractivity contribution in [2.75, 3.05) is 18.0 Å². The van der Waals surface area contributed by atoms with Gasteiger partial charge in [-0.15, -0.1) is 0 Å². The molecule has 29 heavy (non-hydrogen) atoms. The van der Waals surface area contributed by atoms with E-state index in [0.29, 0.717) is 22.9 Å². The Balaban J connectivity index is 1.36. The van der Waals surface area contributed by atoms with Gasteiger partial charge in [0.15, 0.2) is 0 Å². The zero-order valence-electron chi connectivity index (χ0n) is 15.9. The lowest BCUT2D eigenvalue weighted by Crippen LogP contribution is -2.17. The minimum absolute atomic E-state index is 0.0653. The Morgan fingerprint density at radius 2 is 1.79 bits per heavy atom. The molecule has 2 heterocycles. The van der Waals surface area contributed by atoms with Crippen LogP contribution in [-0.4, -0.2) is 18.0 Å². The van der Waals surface area contributed by atoms with Gasteiger partial charge in [-0.2, -0.15) is 0 Å². The first-order valence-corrected chi connectivity index (χ1v) is 10.1. The van der Waals surface area contributed by atoms with Crippen LogP contribution in [0.5, 0.6) is 0 Å². The highest BCUT2D eigenvalue weighted by molar-refractivity contribution is 6.30. The van der Waals surface area contributed by atoms with Crippen LogP contribution >= 0.6 is 11.6 Å². The summed E-state index contributed by atoms with van der Waals surface area (Å²) in [5.74, 6) is 1.18. The molecule has 0 aliphatic carbocycles. The van der Waals surface area contributed by atoms with Crippen molar-refractivity contribution >= 4 is 23.0 Å². The van der Waals surface area contributed by atoms with E-state index >= 15 is 0 Å². The Labute approximate surface area is 174 Å². The topological polar surface area (TPSA) is 71.6 Å². The van der Waals surface area contributed by atoms with Crippen LogP contribution in [0.1, 0.15) is 24.2 Å². The number of hydrogen-bond donors (Lipinski definition) is 1. The predicted octanol–water partition coefficient (Wildman–Crippen LogP) is 5.40. The molecule has 7 heteroatoms. The molecule has 1 aromatic heterocycles. The van der Waals surface area contributed by atoms with Crippen molar-refractivity contribution in [3.8, 4) is 11.3 Å². The zero-order valence-corrected chi connectivity index (χ0v) is 16.7. The molecular weight excluding hydrogens is 390 g/mol. The molecule has 1 aliphatic heterocycles. The molecule has 0 radical (unpaired) electrons. The molecule has 0 atom stereocenters. The summed E-state index contributed by atoms with van der Waals surface area (Å²) in [4.78, 5) is 13.2. The van der Waals surface area contributed by atoms with Gasteiger partial charge < -0.3 is 14.6 Å². The van der Waals surface area contributed by atoms with Gasteiger partial charge in [0.2, 0.25) is 0 Å². The molecule has 3 aromatic rings. The highest BCUT2D eigenvalue weighted by atomic mass is 35.5. The SMILES string of the molecule is O=[N+]([O-])c1cc(Cl)ccc1-c1ccc(CNCc2ccc(N3CCCC3)cc2)o1. The van der Waals surface area contributed by atoms with Gasteiger partial charge in [0.25, 0.3) is 5.69 Å². The van der Waals surface area contributed by atoms with Crippen molar-refractivity contribution in [3.63, 3.8) is 0 Å². The maximum atomic E-state index is 11.3. The van der Waals surface area contributed by atoms with Gasteiger partial charge in [-0.3, -0.25) is 10.1 Å². The molecule has 1 saturated heterocycles. The maximum Gasteiger partial charge on any atom is 0.281 e. The van der Waals surface area contributed by atoms with Crippen LogP contribution in [0.3, 0.4) is 0 Å². The summed E-state index contributed by atoms with van der Waals surface area (Å²) in [5.41, 5.74) is 2.84. The van der Waals surface area contributed by atoms with Gasteiger partial charge >= 0.3 is 0 Å². The number of halogens is 1. The number of nitro benzene ring substituents is 1. The van der Waals surface area contributed by atoms with Gasteiger partial charge in [-0.05, 0) is 54.8 Å². The second-order valence-electron chi connectivity index (χ2n) is 7.15. The highest BCUT2D eigenvalue weighted by Gasteiger charge is 2.18. The summed E-state index contributed by atoms with van der Waals surface area (Å²) < 4.78 is 5.81. The quantitative estimate of drug-likeness (QED) is 0.416. The van der Waals surface area contributed by atoms with E-state index in [-0.39, 0.29) is 5.69 Å². The van der Waals surface area contributed by atoms with Crippen molar-refractivity contribution in [1.29, 1.82) is 0 Å². The molecule has 2 aromatic carbocycles. The van der Waals surface area contributed by atoms with E-state index < -0.39 is 4.92 Å². The minimum atomic E-state index is -0.451. The van der Waals surface area contributed by atoms with Gasteiger partial charge in [0, 0.05) is 36.4 Å². The molecular formula is C22H22ClN3O3. The number of nitro groups is 1. The second kappa shape index (κ2) is 8.68. The normalized spacial score (nSPS) is 13.8. The fraction of sp³-hybridized carbons (Fsp3) is 0.273. The van der Waals surface area contributed by atoms with Crippen LogP contribution in [0.2, 0.25) is 5.02 Å². The van der Waals surface area contributed by atoms with Gasteiger partial charge in [0.1, 0.15) is 11.5 Å². The third-order valence-electron chi connectivity index (χ3n) is 5.12. The molecule has 1 fully saturated rings. The molecule has 1 aliphatic rings. The Hall–Kier alpha value is -2.83. The Kier molecular flexibility index (Phi) is 5.83. The Bertz CT molecular complexity index is 995. The largest absolute Gasteiger partial charge is 0.459 e. The Morgan fingerprint density at radius 3 is 2.52 bits per heavy atom. The van der Waals surface area contributed by atoms with Crippen molar-refractivity contribution in [1.82, 2.24) is 5.32 Å². The first-order valence-electron chi connectivity index (χ1n) is 9.68. The van der Waals surface area contributed by atoms with Crippen LogP contribution in [0.4, 0.5) is 11.4 Å². The summed E-state index contributed by atoms with van der Waals surface area (Å²) in [6.07, 6.45) is 2.54. The molecule has 6 nitrogen and oxygen atoms in total. The summed E-state index contributed by atoms with van der Waals surface area (Å²) in [7, 11) is 0. The molecule has 150 valence electrons. The van der Waals surface area contributed by atoms with E-state index in [9.17, 15) is 10.1 Å². The molecule has 0 amide bonds. The molecule has 0 spiro atoms. The van der Waals surface area contributed by atoms with E-state index in [1.165, 1.54) is 30.2 Å². The van der Waals surface area contributed by atoms with Crippen LogP contribution in [0.25, 0.3) is 11.3 Å². The zero-order chi connectivity index (χ0) is 20.2. The van der Waals surface area contributed by atoms with Crippen LogP contribution < -0.4 is 10.2 Å². The Morgan fingerprint density at radius 1 is 1.03 bits per heavy atom. The van der Waals surface area contributed by atoms with Crippen molar-refractivity contribution in [2.24, 2.45) is 0 Å². The molecule has 0 bridgehead atoms. The molecule has 1 N–H and O–H groups in total. The lowest BCUT2D eigenvalue weighted by atomic mass is 10.1. The lowest BCUT2D eigenvalue weighted by Gasteiger charge is -2.17. The van der Waals surface area contributed by atoms with E-state index in [4.69, 9.17) is 16.0 Å². The third-order valence-corrected chi connectivity index (χ3v) is 5.35. The number of hydrogen-bond acceptors (Lipinski definition) is 5. The smallest absolute Gasteiger partial charge is 0.281 e. The van der Waals surface area contributed by atoms with Gasteiger partial charge in [-0.1, -0.05) is 23.7 Å². The number of nitrogens with zero attached hydrogens (tertiary/aromatic N) is 2. The van der Waals surface area contributed by atoms with E-state index in [2.05, 4.69) is 34.5 Å². The van der Waals surface area contributed by atoms with Crippen molar-refractivity contribution in [3.05, 3.63) is 81.1 Å². The average molecular weight is 412 g/mol. The van der Waals surface area contributed by atoms with Gasteiger partial charge in [-0.25, -0.2) is 0 Å². The number of nitrogens with one attached hydrogen (secondary N) is 1. The summed E-state index contributed by atoms with van der Waals surface area (Å²) >= 11 is 5.88. The monoisotopic (exact) mass is 411 g/mol. The van der Waals surface area contributed by atoms with E-state index in [1.54, 1.807) is 18.2 Å². The second-order valence-corrected chi connectivity index (χ2v) is 7.59. The number of anilines is 1. The summed E-state index contributed by atoms with van der Waals surface area (Å²) in [5, 5.41) is 15.0.